The molecule has 0 aromatic carbocycles. The first-order valence-corrected chi connectivity index (χ1v) is 9.66. The van der Waals surface area contributed by atoms with Gasteiger partial charge in [0, 0.05) is 49.2 Å². The van der Waals surface area contributed by atoms with E-state index in [9.17, 15) is 4.79 Å². The van der Waals surface area contributed by atoms with E-state index < -0.39 is 0 Å². The lowest BCUT2D eigenvalue weighted by Crippen LogP contribution is -2.48. The van der Waals surface area contributed by atoms with Gasteiger partial charge in [0.25, 0.3) is 5.91 Å². The van der Waals surface area contributed by atoms with Crippen LogP contribution in [0.25, 0.3) is 0 Å². The van der Waals surface area contributed by atoms with E-state index in [2.05, 4.69) is 16.0 Å². The van der Waals surface area contributed by atoms with Crippen molar-refractivity contribution in [1.29, 1.82) is 0 Å². The van der Waals surface area contributed by atoms with Crippen LogP contribution in [0, 0.1) is 0 Å². The van der Waals surface area contributed by atoms with E-state index in [0.29, 0.717) is 0 Å². The lowest BCUT2D eigenvalue weighted by Gasteiger charge is -2.34. The largest absolute Gasteiger partial charge is 0.373 e. The zero-order chi connectivity index (χ0) is 15.6. The number of carbonyl (C=O) groups is 1. The number of thiophene rings is 1. The van der Waals surface area contributed by atoms with Crippen molar-refractivity contribution in [1.82, 2.24) is 9.88 Å². The van der Waals surface area contributed by atoms with Crippen LogP contribution in [0.5, 0.6) is 0 Å². The normalized spacial score (nSPS) is 21.8. The Kier molecular flexibility index (Phi) is 4.33. The van der Waals surface area contributed by atoms with Crippen LogP contribution in [0.3, 0.4) is 0 Å². The molecule has 0 bridgehead atoms. The quantitative estimate of drug-likeness (QED) is 0.854. The molecule has 0 saturated carbocycles. The first-order valence-electron chi connectivity index (χ1n) is 7.96. The van der Waals surface area contributed by atoms with Crippen molar-refractivity contribution in [2.24, 2.45) is 0 Å². The number of ether oxygens (including phenoxy) is 1. The summed E-state index contributed by atoms with van der Waals surface area (Å²) in [5, 5.41) is 3.04. The van der Waals surface area contributed by atoms with Crippen molar-refractivity contribution >= 4 is 33.7 Å². The van der Waals surface area contributed by atoms with Gasteiger partial charge in [-0.25, -0.2) is 4.98 Å². The van der Waals surface area contributed by atoms with Crippen molar-refractivity contribution in [2.75, 3.05) is 37.7 Å². The van der Waals surface area contributed by atoms with E-state index >= 15 is 0 Å². The van der Waals surface area contributed by atoms with E-state index in [4.69, 9.17) is 4.74 Å². The SMILES string of the molecule is O=C(c1ccc(C2CCCO2)s1)N1CCN(c2nccs2)CC1. The highest BCUT2D eigenvalue weighted by molar-refractivity contribution is 7.14. The molecule has 1 amide bonds. The van der Waals surface area contributed by atoms with Crippen LogP contribution < -0.4 is 4.90 Å². The average Bonchev–Trinajstić information content (AvgIpc) is 3.36. The van der Waals surface area contributed by atoms with E-state index in [1.165, 1.54) is 4.88 Å². The Balaban J connectivity index is 1.38. The molecule has 1 atom stereocenters. The van der Waals surface area contributed by atoms with Crippen LogP contribution in [0.2, 0.25) is 0 Å². The minimum atomic E-state index is 0.151. The van der Waals surface area contributed by atoms with E-state index in [-0.39, 0.29) is 12.0 Å². The summed E-state index contributed by atoms with van der Waals surface area (Å²) < 4.78 is 5.71. The predicted octanol–water partition coefficient (Wildman–Crippen LogP) is 3.02. The van der Waals surface area contributed by atoms with Gasteiger partial charge in [0.1, 0.15) is 0 Å². The molecule has 2 saturated heterocycles. The van der Waals surface area contributed by atoms with Gasteiger partial charge < -0.3 is 14.5 Å². The van der Waals surface area contributed by atoms with Gasteiger partial charge in [0.05, 0.1) is 11.0 Å². The van der Waals surface area contributed by atoms with Crippen LogP contribution in [0.15, 0.2) is 23.7 Å². The fraction of sp³-hybridized carbons (Fsp3) is 0.500. The molecule has 2 aliphatic rings. The molecule has 2 aromatic rings. The maximum absolute atomic E-state index is 12.7. The molecule has 7 heteroatoms. The third-order valence-electron chi connectivity index (χ3n) is 4.34. The second-order valence-corrected chi connectivity index (χ2v) is 7.79. The Labute approximate surface area is 143 Å². The minimum absolute atomic E-state index is 0.151. The minimum Gasteiger partial charge on any atom is -0.373 e. The van der Waals surface area contributed by atoms with Crippen LogP contribution in [0.1, 0.15) is 33.5 Å². The Morgan fingerprint density at radius 1 is 1.26 bits per heavy atom. The highest BCUT2D eigenvalue weighted by atomic mass is 32.1. The van der Waals surface area contributed by atoms with Gasteiger partial charge in [0.2, 0.25) is 0 Å². The number of nitrogens with zero attached hydrogens (tertiary/aromatic N) is 3. The second kappa shape index (κ2) is 6.59. The number of anilines is 1. The van der Waals surface area contributed by atoms with E-state index in [0.717, 1.165) is 55.6 Å². The highest BCUT2D eigenvalue weighted by Crippen LogP contribution is 2.33. The Bertz CT molecular complexity index is 657. The molecule has 5 nitrogen and oxygen atoms in total. The Morgan fingerprint density at radius 2 is 2.13 bits per heavy atom. The number of amides is 1. The van der Waals surface area contributed by atoms with E-state index in [1.807, 2.05) is 22.5 Å². The molecule has 2 aliphatic heterocycles. The maximum atomic E-state index is 12.7. The zero-order valence-electron chi connectivity index (χ0n) is 12.8. The Morgan fingerprint density at radius 3 is 2.83 bits per heavy atom. The molecule has 0 radical (unpaired) electrons. The monoisotopic (exact) mass is 349 g/mol. The first-order chi connectivity index (χ1) is 11.3. The van der Waals surface area contributed by atoms with Gasteiger partial charge in [-0.3, -0.25) is 4.79 Å². The third kappa shape index (κ3) is 3.13. The topological polar surface area (TPSA) is 45.7 Å². The number of piperazine rings is 1. The van der Waals surface area contributed by atoms with Crippen molar-refractivity contribution in [3.05, 3.63) is 33.5 Å². The third-order valence-corrected chi connectivity index (χ3v) is 6.34. The number of thiazole rings is 1. The zero-order valence-corrected chi connectivity index (χ0v) is 14.4. The summed E-state index contributed by atoms with van der Waals surface area (Å²) in [6.45, 7) is 4.05. The number of carbonyl (C=O) groups excluding carboxylic acids is 1. The van der Waals surface area contributed by atoms with Crippen LogP contribution in [-0.4, -0.2) is 48.6 Å². The molecular weight excluding hydrogens is 330 g/mol. The predicted molar refractivity (Wildman–Crippen MR) is 92.5 cm³/mol. The van der Waals surface area contributed by atoms with Crippen molar-refractivity contribution in [2.45, 2.75) is 18.9 Å². The van der Waals surface area contributed by atoms with Gasteiger partial charge in [0.15, 0.2) is 5.13 Å². The van der Waals surface area contributed by atoms with Crippen molar-refractivity contribution in [3.8, 4) is 0 Å². The van der Waals surface area contributed by atoms with Crippen molar-refractivity contribution < 1.29 is 9.53 Å². The number of hydrogen-bond donors (Lipinski definition) is 0. The number of hydrogen-bond acceptors (Lipinski definition) is 6. The molecular formula is C16H19N3O2S2. The highest BCUT2D eigenvalue weighted by Gasteiger charge is 2.26. The van der Waals surface area contributed by atoms with Crippen molar-refractivity contribution in [3.63, 3.8) is 0 Å². The fourth-order valence-corrected chi connectivity index (χ4v) is 4.83. The summed E-state index contributed by atoms with van der Waals surface area (Å²) in [5.74, 6) is 0.151. The van der Waals surface area contributed by atoms with Gasteiger partial charge in [-0.1, -0.05) is 0 Å². The smallest absolute Gasteiger partial charge is 0.264 e. The Hall–Kier alpha value is -1.44. The summed E-state index contributed by atoms with van der Waals surface area (Å²) >= 11 is 3.24. The number of aromatic nitrogens is 1. The lowest BCUT2D eigenvalue weighted by molar-refractivity contribution is 0.0751. The van der Waals surface area contributed by atoms with Crippen LogP contribution >= 0.6 is 22.7 Å². The summed E-state index contributed by atoms with van der Waals surface area (Å²) in [5.41, 5.74) is 0. The summed E-state index contributed by atoms with van der Waals surface area (Å²) in [6.07, 6.45) is 4.21. The molecule has 4 heterocycles. The second-order valence-electron chi connectivity index (χ2n) is 5.80. The molecule has 4 rings (SSSR count). The van der Waals surface area contributed by atoms with Gasteiger partial charge in [-0.15, -0.1) is 22.7 Å². The van der Waals surface area contributed by atoms with Gasteiger partial charge in [-0.2, -0.15) is 0 Å². The summed E-state index contributed by atoms with van der Waals surface area (Å²) in [4.78, 5) is 23.3. The summed E-state index contributed by atoms with van der Waals surface area (Å²) in [7, 11) is 0. The van der Waals surface area contributed by atoms with E-state index in [1.54, 1.807) is 22.7 Å². The molecule has 2 aromatic heterocycles. The molecule has 0 aliphatic carbocycles. The molecule has 23 heavy (non-hydrogen) atoms. The molecule has 0 N–H and O–H groups in total. The molecule has 1 unspecified atom stereocenters. The maximum Gasteiger partial charge on any atom is 0.264 e. The summed E-state index contributed by atoms with van der Waals surface area (Å²) in [6, 6.07) is 4.01. The van der Waals surface area contributed by atoms with Crippen LogP contribution in [-0.2, 0) is 4.74 Å². The molecule has 0 spiro atoms. The lowest BCUT2D eigenvalue weighted by atomic mass is 10.2. The fourth-order valence-electron chi connectivity index (χ4n) is 3.07. The standard InChI is InChI=1S/C16H19N3O2S2/c20-15(14-4-3-13(23-14)12-2-1-10-21-12)18-6-8-19(9-7-18)16-17-5-11-22-16/h3-5,11-12H,1-2,6-10H2. The molecule has 2 fully saturated rings. The molecule has 122 valence electrons. The first kappa shape index (κ1) is 15.1. The van der Waals surface area contributed by atoms with Gasteiger partial charge >= 0.3 is 0 Å². The van der Waals surface area contributed by atoms with Crippen LogP contribution in [0.4, 0.5) is 5.13 Å². The van der Waals surface area contributed by atoms with Gasteiger partial charge in [-0.05, 0) is 25.0 Å². The number of rotatable bonds is 3. The average molecular weight is 349 g/mol.